The summed E-state index contributed by atoms with van der Waals surface area (Å²) >= 11 is 0. The van der Waals surface area contributed by atoms with Gasteiger partial charge in [-0.3, -0.25) is 4.79 Å². The number of rotatable bonds is 5. The molecule has 1 aromatic rings. The molecule has 1 saturated heterocycles. The van der Waals surface area contributed by atoms with Gasteiger partial charge in [0.15, 0.2) is 0 Å². The van der Waals surface area contributed by atoms with Gasteiger partial charge in [-0.25, -0.2) is 0 Å². The van der Waals surface area contributed by atoms with E-state index in [0.29, 0.717) is 24.9 Å². The Hall–Kier alpha value is -1.10. The first-order chi connectivity index (χ1) is 11.3. The molecule has 4 atom stereocenters. The second-order valence-electron chi connectivity index (χ2n) is 6.88. The molecule has 5 heteroatoms. The summed E-state index contributed by atoms with van der Waals surface area (Å²) < 4.78 is 6.01. The maximum absolute atomic E-state index is 12.5. The zero-order chi connectivity index (χ0) is 16.1. The molecule has 3 rings (SSSR count). The minimum Gasteiger partial charge on any atom is -0.373 e. The number of nitrogens with two attached hydrogens (primary N) is 1. The molecule has 2 unspecified atom stereocenters. The third kappa shape index (κ3) is 4.50. The topological polar surface area (TPSA) is 64.4 Å². The number of amides is 1. The Morgan fingerprint density at radius 1 is 1.12 bits per heavy atom. The van der Waals surface area contributed by atoms with Crippen LogP contribution in [0.15, 0.2) is 30.3 Å². The van der Waals surface area contributed by atoms with Gasteiger partial charge in [-0.2, -0.15) is 0 Å². The molecule has 0 spiro atoms. The van der Waals surface area contributed by atoms with Crippen molar-refractivity contribution < 1.29 is 9.53 Å². The fourth-order valence-electron chi connectivity index (χ4n) is 4.09. The van der Waals surface area contributed by atoms with Crippen molar-refractivity contribution in [2.45, 2.75) is 38.2 Å². The summed E-state index contributed by atoms with van der Waals surface area (Å²) in [6, 6.07) is 10.4. The first-order valence-electron chi connectivity index (χ1n) is 8.94. The van der Waals surface area contributed by atoms with E-state index in [1.165, 1.54) is 5.56 Å². The quantitative estimate of drug-likeness (QED) is 0.856. The van der Waals surface area contributed by atoms with Crippen molar-refractivity contribution in [2.24, 2.45) is 23.5 Å². The van der Waals surface area contributed by atoms with Crippen LogP contribution < -0.4 is 11.1 Å². The van der Waals surface area contributed by atoms with Crippen LogP contribution in [0.1, 0.15) is 43.8 Å². The van der Waals surface area contributed by atoms with E-state index in [1.54, 1.807) is 0 Å². The smallest absolute Gasteiger partial charge is 0.223 e. The van der Waals surface area contributed by atoms with Gasteiger partial charge in [0.2, 0.25) is 5.91 Å². The van der Waals surface area contributed by atoms with Crippen molar-refractivity contribution in [1.82, 2.24) is 5.32 Å². The van der Waals surface area contributed by atoms with Gasteiger partial charge >= 0.3 is 0 Å². The van der Waals surface area contributed by atoms with E-state index >= 15 is 0 Å². The number of hydrogen-bond donors (Lipinski definition) is 2. The molecule has 134 valence electrons. The van der Waals surface area contributed by atoms with Crippen molar-refractivity contribution in [1.29, 1.82) is 0 Å². The molecule has 1 amide bonds. The van der Waals surface area contributed by atoms with Crippen LogP contribution in [0.5, 0.6) is 0 Å². The number of carbonyl (C=O) groups is 1. The highest BCUT2D eigenvalue weighted by atomic mass is 35.5. The zero-order valence-corrected chi connectivity index (χ0v) is 15.0. The Morgan fingerprint density at radius 3 is 2.62 bits per heavy atom. The summed E-state index contributed by atoms with van der Waals surface area (Å²) in [4.78, 5) is 12.5. The molecular weight excluding hydrogens is 324 g/mol. The fraction of sp³-hybridized carbons (Fsp3) is 0.632. The molecule has 1 aliphatic heterocycles. The molecular formula is C19H29ClN2O2. The second-order valence-corrected chi connectivity index (χ2v) is 6.88. The van der Waals surface area contributed by atoms with Crippen LogP contribution in [0.2, 0.25) is 0 Å². The molecule has 1 heterocycles. The SMILES string of the molecule is Cl.NC[C@H]1CCC[C@H]1C(=O)NCC1CCCOC1c1ccccc1. The molecule has 1 aliphatic carbocycles. The molecule has 24 heavy (non-hydrogen) atoms. The lowest BCUT2D eigenvalue weighted by molar-refractivity contribution is -0.126. The maximum atomic E-state index is 12.5. The number of carbonyl (C=O) groups excluding carboxylic acids is 1. The first-order valence-corrected chi connectivity index (χ1v) is 8.94. The lowest BCUT2D eigenvalue weighted by atomic mass is 9.89. The molecule has 1 aromatic carbocycles. The minimum absolute atomic E-state index is 0. The van der Waals surface area contributed by atoms with Crippen LogP contribution in [0.3, 0.4) is 0 Å². The van der Waals surface area contributed by atoms with Crippen LogP contribution in [-0.2, 0) is 9.53 Å². The average molecular weight is 353 g/mol. The van der Waals surface area contributed by atoms with Crippen molar-refractivity contribution in [3.05, 3.63) is 35.9 Å². The average Bonchev–Trinajstić information content (AvgIpc) is 3.09. The van der Waals surface area contributed by atoms with Crippen LogP contribution in [0.25, 0.3) is 0 Å². The highest BCUT2D eigenvalue weighted by Gasteiger charge is 2.33. The van der Waals surface area contributed by atoms with Gasteiger partial charge in [-0.15, -0.1) is 12.4 Å². The summed E-state index contributed by atoms with van der Waals surface area (Å²) in [5.74, 6) is 1.02. The van der Waals surface area contributed by atoms with Gasteiger partial charge in [0.05, 0.1) is 6.10 Å². The number of hydrogen-bond acceptors (Lipinski definition) is 3. The van der Waals surface area contributed by atoms with Gasteiger partial charge in [-0.05, 0) is 43.7 Å². The minimum atomic E-state index is 0. The molecule has 0 bridgehead atoms. The van der Waals surface area contributed by atoms with Gasteiger partial charge in [-0.1, -0.05) is 36.8 Å². The molecule has 4 nitrogen and oxygen atoms in total. The Balaban J connectivity index is 0.00000208. The summed E-state index contributed by atoms with van der Waals surface area (Å²) in [6.07, 6.45) is 5.46. The van der Waals surface area contributed by atoms with Crippen LogP contribution in [0, 0.1) is 17.8 Å². The highest BCUT2D eigenvalue weighted by Crippen LogP contribution is 2.34. The van der Waals surface area contributed by atoms with E-state index in [9.17, 15) is 4.79 Å². The van der Waals surface area contributed by atoms with Crippen LogP contribution in [-0.4, -0.2) is 25.6 Å². The first kappa shape index (κ1) is 19.2. The molecule has 2 aliphatic rings. The van der Waals surface area contributed by atoms with E-state index in [4.69, 9.17) is 10.5 Å². The third-order valence-electron chi connectivity index (χ3n) is 5.41. The summed E-state index contributed by atoms with van der Waals surface area (Å²) in [5.41, 5.74) is 7.01. The number of halogens is 1. The maximum Gasteiger partial charge on any atom is 0.223 e. The number of ether oxygens (including phenoxy) is 1. The number of nitrogens with one attached hydrogen (secondary N) is 1. The Labute approximate surface area is 150 Å². The molecule has 0 radical (unpaired) electrons. The highest BCUT2D eigenvalue weighted by molar-refractivity contribution is 5.85. The third-order valence-corrected chi connectivity index (χ3v) is 5.41. The van der Waals surface area contributed by atoms with Crippen molar-refractivity contribution in [2.75, 3.05) is 19.7 Å². The predicted octanol–water partition coefficient (Wildman–Crippen LogP) is 3.07. The Kier molecular flexibility index (Phi) is 7.53. The van der Waals surface area contributed by atoms with Gasteiger partial charge in [0, 0.05) is 25.0 Å². The van der Waals surface area contributed by atoms with Gasteiger partial charge in [0.25, 0.3) is 0 Å². The lowest BCUT2D eigenvalue weighted by Crippen LogP contribution is -2.40. The van der Waals surface area contributed by atoms with Crippen molar-refractivity contribution in [3.63, 3.8) is 0 Å². The zero-order valence-electron chi connectivity index (χ0n) is 14.2. The van der Waals surface area contributed by atoms with Gasteiger partial charge in [0.1, 0.15) is 0 Å². The van der Waals surface area contributed by atoms with Crippen molar-refractivity contribution in [3.8, 4) is 0 Å². The summed E-state index contributed by atoms with van der Waals surface area (Å²) in [7, 11) is 0. The normalized spacial score (nSPS) is 29.7. The van der Waals surface area contributed by atoms with E-state index in [2.05, 4.69) is 17.4 Å². The molecule has 2 fully saturated rings. The monoisotopic (exact) mass is 352 g/mol. The summed E-state index contributed by atoms with van der Waals surface area (Å²) in [5, 5.41) is 3.18. The fourth-order valence-corrected chi connectivity index (χ4v) is 4.09. The standard InChI is InChI=1S/C19H28N2O2.ClH/c20-12-15-8-4-10-17(15)19(22)21-13-16-9-5-11-23-18(16)14-6-2-1-3-7-14;/h1-3,6-7,15-18H,4-5,8-13,20H2,(H,21,22);1H/t15-,16?,17-,18?;/m1./s1. The lowest BCUT2D eigenvalue weighted by Gasteiger charge is -2.32. The van der Waals surface area contributed by atoms with Crippen LogP contribution >= 0.6 is 12.4 Å². The van der Waals surface area contributed by atoms with E-state index in [1.807, 2.05) is 18.2 Å². The van der Waals surface area contributed by atoms with Crippen LogP contribution in [0.4, 0.5) is 0 Å². The second kappa shape index (κ2) is 9.40. The molecule has 0 aromatic heterocycles. The predicted molar refractivity (Wildman–Crippen MR) is 98.0 cm³/mol. The summed E-state index contributed by atoms with van der Waals surface area (Å²) in [6.45, 7) is 2.13. The Morgan fingerprint density at radius 2 is 1.88 bits per heavy atom. The van der Waals surface area contributed by atoms with E-state index in [-0.39, 0.29) is 30.3 Å². The Bertz CT molecular complexity index is 511. The van der Waals surface area contributed by atoms with E-state index in [0.717, 1.165) is 38.7 Å². The van der Waals surface area contributed by atoms with Crippen molar-refractivity contribution >= 4 is 18.3 Å². The molecule has 3 N–H and O–H groups in total. The largest absolute Gasteiger partial charge is 0.373 e. The molecule has 1 saturated carbocycles. The van der Waals surface area contributed by atoms with Gasteiger partial charge < -0.3 is 15.8 Å². The van der Waals surface area contributed by atoms with E-state index < -0.39 is 0 Å². The number of benzene rings is 1.